The first-order valence-electron chi connectivity index (χ1n) is 3.92. The molecule has 1 aliphatic heterocycles. The molecule has 0 fully saturated rings. The Morgan fingerprint density at radius 3 is 2.70 bits per heavy atom. The van der Waals surface area contributed by atoms with E-state index in [1.807, 2.05) is 6.26 Å². The van der Waals surface area contributed by atoms with Gasteiger partial charge in [-0.1, -0.05) is 12.2 Å². The van der Waals surface area contributed by atoms with E-state index in [1.165, 1.54) is 12.8 Å². The lowest BCUT2D eigenvalue weighted by atomic mass is 10.2. The van der Waals surface area contributed by atoms with Gasteiger partial charge in [0.05, 0.1) is 12.9 Å². The molecule has 0 aromatic carbocycles. The van der Waals surface area contributed by atoms with E-state index >= 15 is 0 Å². The van der Waals surface area contributed by atoms with Crippen molar-refractivity contribution in [3.8, 4) is 0 Å². The van der Waals surface area contributed by atoms with Crippen molar-refractivity contribution in [2.24, 2.45) is 0 Å². The Hall–Kier alpha value is -0.720. The molecule has 0 aromatic heterocycles. The SMILES string of the molecule is C1=CCCOC=CCCC1. The second-order valence-corrected chi connectivity index (χ2v) is 2.43. The Kier molecular flexibility index (Phi) is 3.76. The van der Waals surface area contributed by atoms with Crippen LogP contribution in [0.2, 0.25) is 0 Å². The molecule has 0 saturated carbocycles. The van der Waals surface area contributed by atoms with E-state index < -0.39 is 0 Å². The fraction of sp³-hybridized carbons (Fsp3) is 0.556. The summed E-state index contributed by atoms with van der Waals surface area (Å²) in [5.74, 6) is 0. The fourth-order valence-electron chi connectivity index (χ4n) is 0.929. The van der Waals surface area contributed by atoms with Crippen LogP contribution in [0.3, 0.4) is 0 Å². The van der Waals surface area contributed by atoms with Gasteiger partial charge in [0.2, 0.25) is 0 Å². The predicted octanol–water partition coefficient (Wildman–Crippen LogP) is 2.65. The highest BCUT2D eigenvalue weighted by Gasteiger charge is 1.84. The molecule has 0 atom stereocenters. The van der Waals surface area contributed by atoms with Gasteiger partial charge in [-0.25, -0.2) is 0 Å². The summed E-state index contributed by atoms with van der Waals surface area (Å²) in [7, 11) is 0. The van der Waals surface area contributed by atoms with E-state index in [-0.39, 0.29) is 0 Å². The van der Waals surface area contributed by atoms with Crippen LogP contribution in [0.5, 0.6) is 0 Å². The lowest BCUT2D eigenvalue weighted by Crippen LogP contribution is -1.85. The molecule has 0 unspecified atom stereocenters. The van der Waals surface area contributed by atoms with Crippen molar-refractivity contribution in [1.82, 2.24) is 0 Å². The van der Waals surface area contributed by atoms with Crippen LogP contribution in [0.1, 0.15) is 25.7 Å². The van der Waals surface area contributed by atoms with Crippen LogP contribution >= 0.6 is 0 Å². The zero-order valence-corrected chi connectivity index (χ0v) is 6.25. The highest BCUT2D eigenvalue weighted by atomic mass is 16.5. The quantitative estimate of drug-likeness (QED) is 0.467. The van der Waals surface area contributed by atoms with Gasteiger partial charge in [-0.3, -0.25) is 0 Å². The second kappa shape index (κ2) is 5.10. The van der Waals surface area contributed by atoms with Crippen molar-refractivity contribution in [2.75, 3.05) is 6.61 Å². The standard InChI is InChI=1S/C9H14O/c1-2-4-6-8-10-9-7-5-3-1/h2,4,7,9H,1,3,5-6,8H2. The van der Waals surface area contributed by atoms with Gasteiger partial charge < -0.3 is 4.74 Å². The Bertz CT molecular complexity index is 96.7. The van der Waals surface area contributed by atoms with Crippen LogP contribution in [-0.4, -0.2) is 6.61 Å². The molecule has 1 rings (SSSR count). The normalized spacial score (nSPS) is 20.0. The molecular weight excluding hydrogens is 124 g/mol. The van der Waals surface area contributed by atoms with E-state index in [4.69, 9.17) is 4.74 Å². The Balaban J connectivity index is 2.22. The lowest BCUT2D eigenvalue weighted by molar-refractivity contribution is 0.254. The number of hydrogen-bond donors (Lipinski definition) is 0. The lowest BCUT2D eigenvalue weighted by Gasteiger charge is -1.98. The highest BCUT2D eigenvalue weighted by molar-refractivity contribution is 4.84. The number of ether oxygens (including phenoxy) is 1. The van der Waals surface area contributed by atoms with Crippen LogP contribution in [0.4, 0.5) is 0 Å². The third-order valence-electron chi connectivity index (χ3n) is 1.50. The summed E-state index contributed by atoms with van der Waals surface area (Å²) in [6, 6.07) is 0. The minimum Gasteiger partial charge on any atom is -0.501 e. The fourth-order valence-corrected chi connectivity index (χ4v) is 0.929. The molecule has 1 aliphatic rings. The average Bonchev–Trinajstić information content (AvgIpc) is 2.01. The minimum absolute atomic E-state index is 0.826. The Morgan fingerprint density at radius 2 is 1.70 bits per heavy atom. The van der Waals surface area contributed by atoms with Crippen LogP contribution in [0, 0.1) is 0 Å². The molecular formula is C9H14O. The van der Waals surface area contributed by atoms with E-state index in [0.29, 0.717) is 0 Å². The first kappa shape index (κ1) is 7.39. The molecule has 1 heterocycles. The summed E-state index contributed by atoms with van der Waals surface area (Å²) in [5.41, 5.74) is 0. The third-order valence-corrected chi connectivity index (χ3v) is 1.50. The molecule has 0 aromatic rings. The first-order valence-corrected chi connectivity index (χ1v) is 3.92. The van der Waals surface area contributed by atoms with Gasteiger partial charge in [-0.05, 0) is 31.8 Å². The topological polar surface area (TPSA) is 9.23 Å². The van der Waals surface area contributed by atoms with E-state index in [9.17, 15) is 0 Å². The van der Waals surface area contributed by atoms with Crippen LogP contribution in [-0.2, 0) is 4.74 Å². The van der Waals surface area contributed by atoms with Crippen molar-refractivity contribution in [3.63, 3.8) is 0 Å². The molecule has 0 aliphatic carbocycles. The van der Waals surface area contributed by atoms with Crippen molar-refractivity contribution in [2.45, 2.75) is 25.7 Å². The molecule has 0 radical (unpaired) electrons. The summed E-state index contributed by atoms with van der Waals surface area (Å²) in [6.45, 7) is 0.826. The minimum atomic E-state index is 0.826. The van der Waals surface area contributed by atoms with E-state index in [1.54, 1.807) is 0 Å². The summed E-state index contributed by atoms with van der Waals surface area (Å²) < 4.78 is 5.18. The Labute approximate surface area is 62.4 Å². The highest BCUT2D eigenvalue weighted by Crippen LogP contribution is 2.01. The molecule has 10 heavy (non-hydrogen) atoms. The number of allylic oxidation sites excluding steroid dienone is 2. The maximum atomic E-state index is 5.18. The van der Waals surface area contributed by atoms with Gasteiger partial charge in [0.1, 0.15) is 0 Å². The molecule has 56 valence electrons. The van der Waals surface area contributed by atoms with Crippen LogP contribution < -0.4 is 0 Å². The molecule has 0 saturated heterocycles. The molecule has 0 amide bonds. The zero-order chi connectivity index (χ0) is 7.07. The van der Waals surface area contributed by atoms with E-state index in [0.717, 1.165) is 19.4 Å². The summed E-state index contributed by atoms with van der Waals surface area (Å²) in [6.07, 6.45) is 13.0. The van der Waals surface area contributed by atoms with E-state index in [2.05, 4.69) is 18.2 Å². The summed E-state index contributed by atoms with van der Waals surface area (Å²) >= 11 is 0. The molecule has 0 N–H and O–H groups in total. The van der Waals surface area contributed by atoms with Crippen LogP contribution in [0.15, 0.2) is 24.5 Å². The van der Waals surface area contributed by atoms with Gasteiger partial charge in [-0.15, -0.1) is 0 Å². The molecule has 0 spiro atoms. The number of hydrogen-bond acceptors (Lipinski definition) is 1. The smallest absolute Gasteiger partial charge is 0.0907 e. The molecule has 1 heteroatoms. The Morgan fingerprint density at radius 1 is 0.900 bits per heavy atom. The van der Waals surface area contributed by atoms with Crippen molar-refractivity contribution in [3.05, 3.63) is 24.5 Å². The maximum absolute atomic E-state index is 5.18. The maximum Gasteiger partial charge on any atom is 0.0907 e. The first-order chi connectivity index (χ1) is 5.00. The zero-order valence-electron chi connectivity index (χ0n) is 6.25. The van der Waals surface area contributed by atoms with Crippen LogP contribution in [0.25, 0.3) is 0 Å². The van der Waals surface area contributed by atoms with Crippen molar-refractivity contribution >= 4 is 0 Å². The second-order valence-electron chi connectivity index (χ2n) is 2.43. The predicted molar refractivity (Wildman–Crippen MR) is 42.7 cm³/mol. The average molecular weight is 138 g/mol. The molecule has 0 bridgehead atoms. The monoisotopic (exact) mass is 138 g/mol. The van der Waals surface area contributed by atoms with Crippen molar-refractivity contribution < 1.29 is 4.74 Å². The number of rotatable bonds is 0. The van der Waals surface area contributed by atoms with Crippen molar-refractivity contribution in [1.29, 1.82) is 0 Å². The summed E-state index contributed by atoms with van der Waals surface area (Å²) in [5, 5.41) is 0. The van der Waals surface area contributed by atoms with Gasteiger partial charge in [-0.2, -0.15) is 0 Å². The van der Waals surface area contributed by atoms with Gasteiger partial charge in [0.25, 0.3) is 0 Å². The van der Waals surface area contributed by atoms with Gasteiger partial charge in [0, 0.05) is 0 Å². The summed E-state index contributed by atoms with van der Waals surface area (Å²) in [4.78, 5) is 0. The largest absolute Gasteiger partial charge is 0.501 e. The van der Waals surface area contributed by atoms with Gasteiger partial charge in [0.15, 0.2) is 0 Å². The van der Waals surface area contributed by atoms with Gasteiger partial charge >= 0.3 is 0 Å². The molecule has 1 nitrogen and oxygen atoms in total. The third kappa shape index (κ3) is 3.33.